The molecule has 0 aliphatic rings. The Kier molecular flexibility index (Phi) is 5.68. The van der Waals surface area contributed by atoms with E-state index in [0.29, 0.717) is 0 Å². The average Bonchev–Trinajstić information content (AvgIpc) is 2.34. The number of nitrogens with one attached hydrogen (secondary N) is 1. The lowest BCUT2D eigenvalue weighted by molar-refractivity contribution is -0.145. The molecule has 0 bridgehead atoms. The first kappa shape index (κ1) is 15.0. The second-order valence-electron chi connectivity index (χ2n) is 3.68. The first-order valence-corrected chi connectivity index (χ1v) is 6.29. The van der Waals surface area contributed by atoms with Gasteiger partial charge in [-0.05, 0) is 41.9 Å². The van der Waals surface area contributed by atoms with E-state index < -0.39 is 23.6 Å². The van der Waals surface area contributed by atoms with Crippen molar-refractivity contribution in [2.75, 3.05) is 6.61 Å². The Morgan fingerprint density at radius 3 is 2.78 bits per heavy atom. The maximum absolute atomic E-state index is 13.6. The fourth-order valence-electron chi connectivity index (χ4n) is 1.34. The van der Waals surface area contributed by atoms with Crippen molar-refractivity contribution in [3.8, 4) is 0 Å². The third kappa shape index (κ3) is 3.74. The van der Waals surface area contributed by atoms with Crippen molar-refractivity contribution in [1.82, 2.24) is 5.32 Å². The Morgan fingerprint density at radius 2 is 2.17 bits per heavy atom. The van der Waals surface area contributed by atoms with E-state index in [1.807, 2.05) is 0 Å². The van der Waals surface area contributed by atoms with Crippen LogP contribution in [0.4, 0.5) is 8.78 Å². The molecule has 0 aromatic heterocycles. The summed E-state index contributed by atoms with van der Waals surface area (Å²) in [6, 6.07) is 1.84. The van der Waals surface area contributed by atoms with Gasteiger partial charge in [0.25, 0.3) is 0 Å². The molecule has 1 atom stereocenters. The Labute approximate surface area is 113 Å². The fourth-order valence-corrected chi connectivity index (χ4v) is 1.71. The molecular formula is C12H14BrF2NO2. The van der Waals surface area contributed by atoms with E-state index in [-0.39, 0.29) is 23.2 Å². The maximum atomic E-state index is 13.6. The summed E-state index contributed by atoms with van der Waals surface area (Å²) in [5, 5.41) is 2.72. The van der Waals surface area contributed by atoms with Crippen molar-refractivity contribution in [2.24, 2.45) is 0 Å². The molecule has 0 saturated carbocycles. The van der Waals surface area contributed by atoms with E-state index in [9.17, 15) is 13.6 Å². The van der Waals surface area contributed by atoms with E-state index in [1.165, 1.54) is 12.1 Å². The van der Waals surface area contributed by atoms with Gasteiger partial charge < -0.3 is 10.1 Å². The van der Waals surface area contributed by atoms with Gasteiger partial charge in [-0.2, -0.15) is 0 Å². The average molecular weight is 322 g/mol. The summed E-state index contributed by atoms with van der Waals surface area (Å²) in [7, 11) is 0. The highest BCUT2D eigenvalue weighted by atomic mass is 79.9. The van der Waals surface area contributed by atoms with Crippen LogP contribution in [0.15, 0.2) is 16.6 Å². The van der Waals surface area contributed by atoms with Gasteiger partial charge in [-0.3, -0.25) is 4.79 Å². The van der Waals surface area contributed by atoms with Gasteiger partial charge in [-0.15, -0.1) is 0 Å². The fraction of sp³-hybridized carbons (Fsp3) is 0.417. The number of carbonyl (C=O) groups is 1. The normalized spacial score (nSPS) is 12.3. The third-order valence-electron chi connectivity index (χ3n) is 2.36. The molecule has 18 heavy (non-hydrogen) atoms. The first-order chi connectivity index (χ1) is 8.47. The molecule has 0 saturated heterocycles. The molecule has 6 heteroatoms. The van der Waals surface area contributed by atoms with Crippen LogP contribution in [0.2, 0.25) is 0 Å². The van der Waals surface area contributed by atoms with E-state index in [1.54, 1.807) is 13.8 Å². The topological polar surface area (TPSA) is 38.3 Å². The summed E-state index contributed by atoms with van der Waals surface area (Å²) in [5.41, 5.74) is -0.111. The van der Waals surface area contributed by atoms with Gasteiger partial charge in [0.1, 0.15) is 17.7 Å². The number of rotatable bonds is 5. The molecule has 0 heterocycles. The van der Waals surface area contributed by atoms with Gasteiger partial charge >= 0.3 is 5.97 Å². The van der Waals surface area contributed by atoms with E-state index in [4.69, 9.17) is 4.74 Å². The zero-order chi connectivity index (χ0) is 13.7. The molecule has 0 radical (unpaired) electrons. The number of hydrogen-bond acceptors (Lipinski definition) is 3. The third-order valence-corrected chi connectivity index (χ3v) is 2.98. The quantitative estimate of drug-likeness (QED) is 0.669. The zero-order valence-electron chi connectivity index (χ0n) is 10.1. The van der Waals surface area contributed by atoms with Crippen LogP contribution in [0.5, 0.6) is 0 Å². The lowest BCUT2D eigenvalue weighted by Gasteiger charge is -2.13. The van der Waals surface area contributed by atoms with Crippen molar-refractivity contribution in [3.63, 3.8) is 0 Å². The monoisotopic (exact) mass is 321 g/mol. The summed E-state index contributed by atoms with van der Waals surface area (Å²) in [6.07, 6.45) is 0. The first-order valence-electron chi connectivity index (χ1n) is 5.49. The van der Waals surface area contributed by atoms with Crippen LogP contribution < -0.4 is 5.32 Å². The minimum Gasteiger partial charge on any atom is -0.465 e. The van der Waals surface area contributed by atoms with Gasteiger partial charge in [0.15, 0.2) is 0 Å². The van der Waals surface area contributed by atoms with Crippen LogP contribution in [0.25, 0.3) is 0 Å². The number of ether oxygens (including phenoxy) is 1. The van der Waals surface area contributed by atoms with Gasteiger partial charge in [0.05, 0.1) is 11.1 Å². The molecule has 0 aliphatic carbocycles. The second kappa shape index (κ2) is 6.80. The van der Waals surface area contributed by atoms with Crippen molar-refractivity contribution >= 4 is 21.9 Å². The predicted octanol–water partition coefficient (Wildman–Crippen LogP) is 2.77. The largest absolute Gasteiger partial charge is 0.465 e. The van der Waals surface area contributed by atoms with Crippen LogP contribution in [-0.2, 0) is 16.1 Å². The molecule has 0 aliphatic heterocycles. The maximum Gasteiger partial charge on any atom is 0.322 e. The van der Waals surface area contributed by atoms with Gasteiger partial charge in [0, 0.05) is 12.1 Å². The minimum absolute atomic E-state index is 0.0862. The highest BCUT2D eigenvalue weighted by Gasteiger charge is 2.17. The van der Waals surface area contributed by atoms with Gasteiger partial charge in [-0.1, -0.05) is 0 Å². The number of esters is 1. The Balaban J connectivity index is 2.69. The smallest absolute Gasteiger partial charge is 0.322 e. The van der Waals surface area contributed by atoms with Gasteiger partial charge in [-0.25, -0.2) is 8.78 Å². The summed E-state index contributed by atoms with van der Waals surface area (Å²) in [5.74, 6) is -1.77. The SMILES string of the molecule is CCOC(=O)C(C)NCc1c(F)ccc(Br)c1F. The summed E-state index contributed by atoms with van der Waals surface area (Å²) in [4.78, 5) is 11.3. The second-order valence-corrected chi connectivity index (χ2v) is 4.53. The molecule has 0 amide bonds. The van der Waals surface area contributed by atoms with E-state index in [0.717, 1.165) is 0 Å². The molecule has 1 unspecified atom stereocenters. The standard InChI is InChI=1S/C12H14BrF2NO2/c1-3-18-12(17)7(2)16-6-8-10(14)5-4-9(13)11(8)15/h4-5,7,16H,3,6H2,1-2H3. The summed E-state index contributed by atoms with van der Waals surface area (Å²) >= 11 is 2.98. The lowest BCUT2D eigenvalue weighted by atomic mass is 10.2. The van der Waals surface area contributed by atoms with Crippen LogP contribution in [-0.4, -0.2) is 18.6 Å². The number of carbonyl (C=O) groups excluding carboxylic acids is 1. The number of benzene rings is 1. The Hall–Kier alpha value is -1.01. The lowest BCUT2D eigenvalue weighted by Crippen LogP contribution is -2.35. The van der Waals surface area contributed by atoms with Crippen molar-refractivity contribution in [3.05, 3.63) is 33.8 Å². The van der Waals surface area contributed by atoms with Crippen LogP contribution in [0.3, 0.4) is 0 Å². The predicted molar refractivity (Wildman–Crippen MR) is 67.0 cm³/mol. The minimum atomic E-state index is -0.668. The Morgan fingerprint density at radius 1 is 1.50 bits per heavy atom. The molecular weight excluding hydrogens is 308 g/mol. The highest BCUT2D eigenvalue weighted by Crippen LogP contribution is 2.21. The number of hydrogen-bond donors (Lipinski definition) is 1. The molecule has 100 valence electrons. The zero-order valence-corrected chi connectivity index (χ0v) is 11.7. The molecule has 0 spiro atoms. The number of halogens is 3. The van der Waals surface area contributed by atoms with Gasteiger partial charge in [0.2, 0.25) is 0 Å². The van der Waals surface area contributed by atoms with E-state index in [2.05, 4.69) is 21.2 Å². The molecule has 1 aromatic rings. The van der Waals surface area contributed by atoms with Crippen molar-refractivity contribution < 1.29 is 18.3 Å². The van der Waals surface area contributed by atoms with Crippen LogP contribution in [0, 0.1) is 11.6 Å². The molecule has 1 N–H and O–H groups in total. The molecule has 1 aromatic carbocycles. The van der Waals surface area contributed by atoms with Crippen molar-refractivity contribution in [1.29, 1.82) is 0 Å². The highest BCUT2D eigenvalue weighted by molar-refractivity contribution is 9.10. The van der Waals surface area contributed by atoms with E-state index >= 15 is 0 Å². The summed E-state index contributed by atoms with van der Waals surface area (Å²) in [6.45, 7) is 3.45. The molecule has 3 nitrogen and oxygen atoms in total. The van der Waals surface area contributed by atoms with Crippen LogP contribution in [0.1, 0.15) is 19.4 Å². The Bertz CT molecular complexity index is 440. The van der Waals surface area contributed by atoms with Crippen molar-refractivity contribution in [2.45, 2.75) is 26.4 Å². The van der Waals surface area contributed by atoms with Crippen LogP contribution >= 0.6 is 15.9 Å². The summed E-state index contributed by atoms with van der Waals surface area (Å²) < 4.78 is 32.0. The molecule has 0 fully saturated rings. The molecule has 1 rings (SSSR count).